The number of fused-ring (bicyclic) bond motifs is 1. The van der Waals surface area contributed by atoms with E-state index >= 15 is 0 Å². The van der Waals surface area contributed by atoms with Crippen molar-refractivity contribution in [1.29, 1.82) is 0 Å². The molecule has 1 aliphatic rings. The Hall–Kier alpha value is -2.18. The molecule has 134 valence electrons. The van der Waals surface area contributed by atoms with Crippen LogP contribution in [0.5, 0.6) is 0 Å². The van der Waals surface area contributed by atoms with Crippen LogP contribution in [0.3, 0.4) is 0 Å². The van der Waals surface area contributed by atoms with E-state index in [1.807, 2.05) is 0 Å². The Morgan fingerprint density at radius 3 is 2.31 bits per heavy atom. The van der Waals surface area contributed by atoms with E-state index in [1.165, 1.54) is 29.3 Å². The number of thioether (sulfide) groups is 1. The summed E-state index contributed by atoms with van der Waals surface area (Å²) < 4.78 is 0. The molecule has 1 N–H and O–H groups in total. The fourth-order valence-corrected chi connectivity index (χ4v) is 4.19. The molecule has 2 nitrogen and oxygen atoms in total. The molecule has 0 amide bonds. The van der Waals surface area contributed by atoms with Gasteiger partial charge >= 0.3 is 5.97 Å². The van der Waals surface area contributed by atoms with Gasteiger partial charge in [-0.2, -0.15) is 0 Å². The highest BCUT2D eigenvalue weighted by molar-refractivity contribution is 8.04. The van der Waals surface area contributed by atoms with Gasteiger partial charge in [0.15, 0.2) is 0 Å². The van der Waals surface area contributed by atoms with Crippen molar-refractivity contribution in [3.05, 3.63) is 64.7 Å². The first-order valence-corrected chi connectivity index (χ1v) is 9.67. The molecular weight excluding hydrogens is 340 g/mol. The monoisotopic (exact) mass is 364 g/mol. The maximum absolute atomic E-state index is 10.9. The molecule has 0 radical (unpaired) electrons. The molecule has 3 heteroatoms. The standard InChI is InChI=1S/C23H24O2S/c1-22(2)13-14-23(3,4)20-16(6-5-7-19(20)22)12-15-26-18-10-8-17(9-11-18)21(24)25/h5-11H,13-14H2,1-4H3,(H,24,25). The molecule has 0 heterocycles. The zero-order valence-corrected chi connectivity index (χ0v) is 16.5. The molecule has 3 rings (SSSR count). The number of rotatable bonds is 2. The van der Waals surface area contributed by atoms with E-state index in [0.29, 0.717) is 5.56 Å². The fraction of sp³-hybridized carbons (Fsp3) is 0.348. The van der Waals surface area contributed by atoms with Gasteiger partial charge in [0.25, 0.3) is 0 Å². The zero-order valence-electron chi connectivity index (χ0n) is 15.7. The third kappa shape index (κ3) is 3.66. The number of hydrogen-bond acceptors (Lipinski definition) is 2. The lowest BCUT2D eigenvalue weighted by Crippen LogP contribution is -2.34. The van der Waals surface area contributed by atoms with Crippen LogP contribution < -0.4 is 0 Å². The van der Waals surface area contributed by atoms with Gasteiger partial charge in [0, 0.05) is 10.5 Å². The normalized spacial score (nSPS) is 16.9. The Morgan fingerprint density at radius 1 is 1.00 bits per heavy atom. The molecule has 0 aromatic heterocycles. The molecule has 0 bridgehead atoms. The molecule has 0 unspecified atom stereocenters. The van der Waals surface area contributed by atoms with Crippen molar-refractivity contribution < 1.29 is 9.90 Å². The second kappa shape index (κ2) is 6.85. The Bertz CT molecular complexity index is 896. The summed E-state index contributed by atoms with van der Waals surface area (Å²) in [6.45, 7) is 9.25. The van der Waals surface area contributed by atoms with Crippen LogP contribution >= 0.6 is 11.8 Å². The van der Waals surface area contributed by atoms with Crippen molar-refractivity contribution in [2.75, 3.05) is 0 Å². The van der Waals surface area contributed by atoms with Crippen LogP contribution in [0.1, 0.15) is 67.6 Å². The number of carbonyl (C=O) groups is 1. The summed E-state index contributed by atoms with van der Waals surface area (Å²) in [6, 6.07) is 13.3. The van der Waals surface area contributed by atoms with Crippen LogP contribution in [0, 0.1) is 11.2 Å². The first-order chi connectivity index (χ1) is 12.2. The molecular formula is C23H24O2S. The Labute approximate surface area is 160 Å². The molecule has 0 fully saturated rings. The first kappa shape index (κ1) is 18.6. The minimum atomic E-state index is -0.909. The third-order valence-electron chi connectivity index (χ3n) is 5.30. The van der Waals surface area contributed by atoms with Gasteiger partial charge in [-0.05, 0) is 82.1 Å². The van der Waals surface area contributed by atoms with Gasteiger partial charge in [0.1, 0.15) is 0 Å². The van der Waals surface area contributed by atoms with E-state index in [-0.39, 0.29) is 10.8 Å². The summed E-state index contributed by atoms with van der Waals surface area (Å²) >= 11 is 1.43. The van der Waals surface area contributed by atoms with Crippen molar-refractivity contribution in [1.82, 2.24) is 0 Å². The van der Waals surface area contributed by atoms with Crippen molar-refractivity contribution in [2.45, 2.75) is 56.3 Å². The third-order valence-corrected chi connectivity index (χ3v) is 6.01. The van der Waals surface area contributed by atoms with Crippen molar-refractivity contribution in [3.63, 3.8) is 0 Å². The van der Waals surface area contributed by atoms with Gasteiger partial charge in [-0.1, -0.05) is 45.7 Å². The zero-order chi connectivity index (χ0) is 18.9. The molecule has 26 heavy (non-hydrogen) atoms. The summed E-state index contributed by atoms with van der Waals surface area (Å²) in [5, 5.41) is 12.2. The number of carboxylic acids is 1. The molecule has 2 aromatic rings. The van der Waals surface area contributed by atoms with E-state index < -0.39 is 5.97 Å². The van der Waals surface area contributed by atoms with E-state index in [0.717, 1.165) is 16.9 Å². The number of benzene rings is 2. The van der Waals surface area contributed by atoms with E-state index in [4.69, 9.17) is 5.11 Å². The van der Waals surface area contributed by atoms with Crippen LogP contribution in [0.2, 0.25) is 0 Å². The summed E-state index contributed by atoms with van der Waals surface area (Å²) in [6.07, 6.45) is 2.35. The molecule has 0 saturated heterocycles. The summed E-state index contributed by atoms with van der Waals surface area (Å²) in [5.41, 5.74) is 4.51. The van der Waals surface area contributed by atoms with Crippen LogP contribution in [0.15, 0.2) is 47.4 Å². The van der Waals surface area contributed by atoms with Crippen molar-refractivity contribution in [3.8, 4) is 11.2 Å². The minimum absolute atomic E-state index is 0.129. The van der Waals surface area contributed by atoms with Gasteiger partial charge in [0.2, 0.25) is 0 Å². The molecule has 0 aliphatic heterocycles. The smallest absolute Gasteiger partial charge is 0.335 e. The highest BCUT2D eigenvalue weighted by Crippen LogP contribution is 2.46. The van der Waals surface area contributed by atoms with Gasteiger partial charge in [-0.25, -0.2) is 4.79 Å². The molecule has 1 aliphatic carbocycles. The Balaban J connectivity index is 1.90. The lowest BCUT2D eigenvalue weighted by atomic mass is 9.62. The van der Waals surface area contributed by atoms with E-state index in [1.54, 1.807) is 24.3 Å². The molecule has 0 atom stereocenters. The van der Waals surface area contributed by atoms with Gasteiger partial charge < -0.3 is 5.11 Å². The first-order valence-electron chi connectivity index (χ1n) is 8.86. The fourth-order valence-electron chi connectivity index (χ4n) is 3.64. The average Bonchev–Trinajstić information content (AvgIpc) is 2.59. The average molecular weight is 365 g/mol. The maximum Gasteiger partial charge on any atom is 0.335 e. The van der Waals surface area contributed by atoms with Crippen LogP contribution in [-0.2, 0) is 10.8 Å². The summed E-state index contributed by atoms with van der Waals surface area (Å²) in [4.78, 5) is 11.9. The molecule has 0 spiro atoms. The predicted molar refractivity (Wildman–Crippen MR) is 108 cm³/mol. The topological polar surface area (TPSA) is 37.3 Å². The molecule has 2 aromatic carbocycles. The van der Waals surface area contributed by atoms with Crippen molar-refractivity contribution in [2.24, 2.45) is 0 Å². The number of hydrogen-bond donors (Lipinski definition) is 1. The maximum atomic E-state index is 10.9. The van der Waals surface area contributed by atoms with Crippen LogP contribution in [-0.4, -0.2) is 11.1 Å². The summed E-state index contributed by atoms with van der Waals surface area (Å²) in [7, 11) is 0. The van der Waals surface area contributed by atoms with E-state index in [9.17, 15) is 4.79 Å². The quantitative estimate of drug-likeness (QED) is 0.538. The predicted octanol–water partition coefficient (Wildman–Crippen LogP) is 5.84. The van der Waals surface area contributed by atoms with Crippen LogP contribution in [0.4, 0.5) is 0 Å². The highest BCUT2D eigenvalue weighted by Gasteiger charge is 2.38. The second-order valence-electron chi connectivity index (χ2n) is 8.15. The summed E-state index contributed by atoms with van der Waals surface area (Å²) in [5.74, 6) is 2.44. The van der Waals surface area contributed by atoms with E-state index in [2.05, 4.69) is 57.1 Å². The highest BCUT2D eigenvalue weighted by atomic mass is 32.2. The van der Waals surface area contributed by atoms with Gasteiger partial charge in [0.05, 0.1) is 5.56 Å². The number of aromatic carboxylic acids is 1. The number of carboxylic acid groups (broad SMARTS) is 1. The van der Waals surface area contributed by atoms with Gasteiger partial charge in [-0.15, -0.1) is 0 Å². The minimum Gasteiger partial charge on any atom is -0.478 e. The van der Waals surface area contributed by atoms with Gasteiger partial charge in [-0.3, -0.25) is 0 Å². The largest absolute Gasteiger partial charge is 0.478 e. The SMILES string of the molecule is CC1(C)CCC(C)(C)c2c(C#CSc3ccc(C(=O)O)cc3)cccc21. The molecule has 0 saturated carbocycles. The Morgan fingerprint density at radius 2 is 1.65 bits per heavy atom. The Kier molecular flexibility index (Phi) is 4.90. The van der Waals surface area contributed by atoms with Crippen LogP contribution in [0.25, 0.3) is 0 Å². The lowest BCUT2D eigenvalue weighted by molar-refractivity contribution is 0.0697. The van der Waals surface area contributed by atoms with Crippen molar-refractivity contribution >= 4 is 17.7 Å². The second-order valence-corrected chi connectivity index (χ2v) is 9.03. The lowest BCUT2D eigenvalue weighted by Gasteiger charge is -2.42.